The number of anilines is 2. The smallest absolute Gasteiger partial charge is 0.218 e. The summed E-state index contributed by atoms with van der Waals surface area (Å²) >= 11 is 0. The maximum atomic E-state index is 5.93. The maximum Gasteiger partial charge on any atom is 0.218 e. The molecule has 1 aliphatic rings. The summed E-state index contributed by atoms with van der Waals surface area (Å²) in [7, 11) is 0. The molecule has 0 unspecified atom stereocenters. The fraction of sp³-hybridized carbons (Fsp3) is 0.419. The Labute approximate surface area is 210 Å². The fourth-order valence-corrected chi connectivity index (χ4v) is 4.53. The van der Waals surface area contributed by atoms with Crippen molar-refractivity contribution in [3.8, 4) is 11.3 Å². The summed E-state index contributed by atoms with van der Waals surface area (Å²) in [5.74, 6) is 2.79. The molecule has 1 aliphatic heterocycles. The number of nitrogens with zero attached hydrogens (tertiary/aromatic N) is 2. The standard InChI is InChI=1S/C31H39N3O/c1-19(2)22-16-24(20(3)4)29(25(17-22)21(5)6)27-14-11-15-28(33-27)32-26-13-10-9-12-23(26)30-34-31(7,8)18-35-30/h9-17,19-21H,18H2,1-8H3,(H,32,33). The summed E-state index contributed by atoms with van der Waals surface area (Å²) in [5.41, 5.74) is 8.08. The minimum Gasteiger partial charge on any atom is -0.475 e. The van der Waals surface area contributed by atoms with Crippen LogP contribution in [0.3, 0.4) is 0 Å². The third kappa shape index (κ3) is 5.42. The normalized spacial score (nSPS) is 15.0. The van der Waals surface area contributed by atoms with Gasteiger partial charge in [0.2, 0.25) is 5.90 Å². The Bertz CT molecular complexity index is 1210. The Morgan fingerprint density at radius 3 is 2.06 bits per heavy atom. The Morgan fingerprint density at radius 1 is 0.829 bits per heavy atom. The molecule has 184 valence electrons. The first-order valence-electron chi connectivity index (χ1n) is 12.8. The SMILES string of the molecule is CC(C)c1cc(C(C)C)c(-c2cccc(Nc3ccccc3C3=NC(C)(C)CO3)n2)c(C(C)C)c1. The van der Waals surface area contributed by atoms with Gasteiger partial charge in [-0.15, -0.1) is 0 Å². The van der Waals surface area contributed by atoms with Gasteiger partial charge in [0.05, 0.1) is 22.5 Å². The third-order valence-corrected chi connectivity index (χ3v) is 6.52. The lowest BCUT2D eigenvalue weighted by Gasteiger charge is -2.23. The summed E-state index contributed by atoms with van der Waals surface area (Å²) in [6, 6.07) is 19.1. The topological polar surface area (TPSA) is 46.5 Å². The van der Waals surface area contributed by atoms with Crippen LogP contribution in [-0.2, 0) is 4.74 Å². The van der Waals surface area contributed by atoms with E-state index < -0.39 is 0 Å². The highest BCUT2D eigenvalue weighted by molar-refractivity contribution is 6.01. The van der Waals surface area contributed by atoms with Crippen molar-refractivity contribution in [3.05, 3.63) is 76.9 Å². The van der Waals surface area contributed by atoms with Gasteiger partial charge in [-0.05, 0) is 72.6 Å². The van der Waals surface area contributed by atoms with Gasteiger partial charge in [-0.3, -0.25) is 0 Å². The largest absolute Gasteiger partial charge is 0.475 e. The van der Waals surface area contributed by atoms with Crippen LogP contribution in [0.4, 0.5) is 11.5 Å². The summed E-state index contributed by atoms with van der Waals surface area (Å²) in [6.07, 6.45) is 0. The first-order valence-corrected chi connectivity index (χ1v) is 12.8. The number of aromatic nitrogens is 1. The van der Waals surface area contributed by atoms with Gasteiger partial charge in [0, 0.05) is 5.56 Å². The number of aliphatic imine (C=N–C) groups is 1. The minimum atomic E-state index is -0.205. The number of ether oxygens (including phenoxy) is 1. The fourth-order valence-electron chi connectivity index (χ4n) is 4.53. The second-order valence-corrected chi connectivity index (χ2v) is 11.1. The van der Waals surface area contributed by atoms with Crippen LogP contribution in [0.25, 0.3) is 11.3 Å². The van der Waals surface area contributed by atoms with Crippen LogP contribution >= 0.6 is 0 Å². The van der Waals surface area contributed by atoms with Gasteiger partial charge < -0.3 is 10.1 Å². The average Bonchev–Trinajstić information content (AvgIpc) is 3.18. The summed E-state index contributed by atoms with van der Waals surface area (Å²) in [5, 5.41) is 3.54. The quantitative estimate of drug-likeness (QED) is 0.378. The van der Waals surface area contributed by atoms with Gasteiger partial charge in [0.1, 0.15) is 12.4 Å². The summed E-state index contributed by atoms with van der Waals surface area (Å²) in [4.78, 5) is 9.88. The van der Waals surface area contributed by atoms with Crippen molar-refractivity contribution in [1.29, 1.82) is 0 Å². The first-order chi connectivity index (χ1) is 16.6. The minimum absolute atomic E-state index is 0.205. The van der Waals surface area contributed by atoms with Gasteiger partial charge in [0.25, 0.3) is 0 Å². The zero-order valence-corrected chi connectivity index (χ0v) is 22.4. The van der Waals surface area contributed by atoms with Crippen LogP contribution in [0.1, 0.15) is 95.4 Å². The zero-order chi connectivity index (χ0) is 25.3. The van der Waals surface area contributed by atoms with Gasteiger partial charge in [-0.25, -0.2) is 9.98 Å². The number of nitrogens with one attached hydrogen (secondary N) is 1. The van der Waals surface area contributed by atoms with Crippen molar-refractivity contribution in [2.75, 3.05) is 11.9 Å². The summed E-state index contributed by atoms with van der Waals surface area (Å²) in [6.45, 7) is 18.4. The Balaban J connectivity index is 1.77. The molecule has 2 aromatic carbocycles. The van der Waals surface area contributed by atoms with Crippen LogP contribution in [0.5, 0.6) is 0 Å². The van der Waals surface area contributed by atoms with Crippen molar-refractivity contribution < 1.29 is 4.74 Å². The number of pyridine rings is 1. The summed E-state index contributed by atoms with van der Waals surface area (Å²) < 4.78 is 5.93. The Morgan fingerprint density at radius 2 is 1.49 bits per heavy atom. The van der Waals surface area contributed by atoms with Crippen molar-refractivity contribution in [2.24, 2.45) is 4.99 Å². The highest BCUT2D eigenvalue weighted by Gasteiger charge is 2.28. The molecule has 4 rings (SSSR count). The molecule has 1 aromatic heterocycles. The average molecular weight is 470 g/mol. The molecule has 0 bridgehead atoms. The van der Waals surface area contributed by atoms with E-state index in [0.717, 1.165) is 22.8 Å². The molecule has 0 amide bonds. The highest BCUT2D eigenvalue weighted by Crippen LogP contribution is 2.38. The molecular weight excluding hydrogens is 430 g/mol. The van der Waals surface area contributed by atoms with Crippen LogP contribution < -0.4 is 5.32 Å². The monoisotopic (exact) mass is 469 g/mol. The van der Waals surface area contributed by atoms with Crippen LogP contribution in [0.15, 0.2) is 59.6 Å². The third-order valence-electron chi connectivity index (χ3n) is 6.52. The molecular formula is C31H39N3O. The van der Waals surface area contributed by atoms with E-state index in [1.54, 1.807) is 0 Å². The molecule has 0 fully saturated rings. The molecule has 4 nitrogen and oxygen atoms in total. The van der Waals surface area contributed by atoms with E-state index in [1.165, 1.54) is 22.3 Å². The Kier molecular flexibility index (Phi) is 7.02. The molecule has 0 radical (unpaired) electrons. The molecule has 1 N–H and O–H groups in total. The molecule has 0 aliphatic carbocycles. The van der Waals surface area contributed by atoms with Crippen LogP contribution in [0.2, 0.25) is 0 Å². The lowest BCUT2D eigenvalue weighted by atomic mass is 9.83. The number of hydrogen-bond acceptors (Lipinski definition) is 4. The van der Waals surface area contributed by atoms with E-state index in [0.29, 0.717) is 30.3 Å². The van der Waals surface area contributed by atoms with Crippen molar-refractivity contribution in [1.82, 2.24) is 4.98 Å². The Hall–Kier alpha value is -3.14. The van der Waals surface area contributed by atoms with Crippen LogP contribution in [0, 0.1) is 0 Å². The number of para-hydroxylation sites is 1. The van der Waals surface area contributed by atoms with E-state index in [2.05, 4.69) is 91.0 Å². The first kappa shape index (κ1) is 25.0. The molecule has 4 heteroatoms. The van der Waals surface area contributed by atoms with Crippen molar-refractivity contribution >= 4 is 17.4 Å². The van der Waals surface area contributed by atoms with E-state index in [-0.39, 0.29) is 5.54 Å². The van der Waals surface area contributed by atoms with Crippen molar-refractivity contribution in [2.45, 2.75) is 78.7 Å². The van der Waals surface area contributed by atoms with Crippen molar-refractivity contribution in [3.63, 3.8) is 0 Å². The molecule has 2 heterocycles. The van der Waals surface area contributed by atoms with Crippen LogP contribution in [-0.4, -0.2) is 23.0 Å². The van der Waals surface area contributed by atoms with E-state index in [9.17, 15) is 0 Å². The van der Waals surface area contributed by atoms with E-state index in [4.69, 9.17) is 14.7 Å². The number of benzene rings is 2. The molecule has 3 aromatic rings. The maximum absolute atomic E-state index is 5.93. The molecule has 0 atom stereocenters. The number of hydrogen-bond donors (Lipinski definition) is 1. The molecule has 0 saturated carbocycles. The van der Waals surface area contributed by atoms with Gasteiger partial charge in [-0.1, -0.05) is 71.9 Å². The van der Waals surface area contributed by atoms with Gasteiger partial charge >= 0.3 is 0 Å². The van der Waals surface area contributed by atoms with Gasteiger partial charge in [0.15, 0.2) is 0 Å². The molecule has 0 saturated heterocycles. The second kappa shape index (κ2) is 9.85. The predicted octanol–water partition coefficient (Wildman–Crippen LogP) is 8.42. The zero-order valence-electron chi connectivity index (χ0n) is 22.4. The van der Waals surface area contributed by atoms with Gasteiger partial charge in [-0.2, -0.15) is 0 Å². The number of rotatable bonds is 7. The highest BCUT2D eigenvalue weighted by atomic mass is 16.5. The molecule has 35 heavy (non-hydrogen) atoms. The molecule has 0 spiro atoms. The predicted molar refractivity (Wildman–Crippen MR) is 148 cm³/mol. The lowest BCUT2D eigenvalue weighted by molar-refractivity contribution is 0.279. The second-order valence-electron chi connectivity index (χ2n) is 11.1. The lowest BCUT2D eigenvalue weighted by Crippen LogP contribution is -2.17. The van der Waals surface area contributed by atoms with E-state index >= 15 is 0 Å². The van der Waals surface area contributed by atoms with E-state index in [1.807, 2.05) is 24.3 Å².